The molecule has 32 heavy (non-hydrogen) atoms. The number of nitrogens with one attached hydrogen (secondary N) is 1. The largest absolute Gasteiger partial charge is 0.493 e. The maximum Gasteiger partial charge on any atom is 0.324 e. The minimum absolute atomic E-state index is 0.0321. The summed E-state index contributed by atoms with van der Waals surface area (Å²) in [6, 6.07) is 8.75. The van der Waals surface area contributed by atoms with Gasteiger partial charge in [-0.25, -0.2) is 8.78 Å². The molecule has 8 nitrogen and oxygen atoms in total. The lowest BCUT2D eigenvalue weighted by Crippen LogP contribution is -2.38. The van der Waals surface area contributed by atoms with E-state index in [4.69, 9.17) is 14.0 Å². The van der Waals surface area contributed by atoms with Crippen molar-refractivity contribution >= 4 is 17.6 Å². The molecule has 1 aliphatic heterocycles. The summed E-state index contributed by atoms with van der Waals surface area (Å²) in [4.78, 5) is 18.8. The number of benzene rings is 2. The van der Waals surface area contributed by atoms with Crippen LogP contribution in [0.25, 0.3) is 11.4 Å². The van der Waals surface area contributed by atoms with Gasteiger partial charge in [-0.05, 0) is 43.2 Å². The first-order chi connectivity index (χ1) is 15.5. The van der Waals surface area contributed by atoms with Crippen molar-refractivity contribution in [2.45, 2.75) is 12.8 Å². The lowest BCUT2D eigenvalue weighted by Gasteiger charge is -2.29. The smallest absolute Gasteiger partial charge is 0.324 e. The van der Waals surface area contributed by atoms with Gasteiger partial charge in [0.15, 0.2) is 11.5 Å². The van der Waals surface area contributed by atoms with Crippen LogP contribution in [0.3, 0.4) is 0 Å². The number of anilines is 2. The molecule has 0 aliphatic carbocycles. The lowest BCUT2D eigenvalue weighted by molar-refractivity contribution is -0.120. The standard InChI is InChI=1S/C22H22F2N4O4/c1-30-18-6-3-14(11-19(18)31-2)20-26-22(32-27-20)28-9-7-13(8-10-28)21(29)25-17-5-4-15(23)12-16(17)24/h3-6,11-13H,7-10H2,1-2H3,(H,25,29). The first-order valence-electron chi connectivity index (χ1n) is 10.1. The van der Waals surface area contributed by atoms with Crippen molar-refractivity contribution in [3.05, 3.63) is 48.0 Å². The van der Waals surface area contributed by atoms with Gasteiger partial charge in [-0.3, -0.25) is 4.79 Å². The summed E-state index contributed by atoms with van der Waals surface area (Å²) in [7, 11) is 3.11. The fourth-order valence-corrected chi connectivity index (χ4v) is 3.60. The second kappa shape index (κ2) is 9.21. The normalized spacial score (nSPS) is 14.3. The van der Waals surface area contributed by atoms with E-state index in [1.54, 1.807) is 32.4 Å². The van der Waals surface area contributed by atoms with Crippen molar-refractivity contribution < 1.29 is 27.6 Å². The van der Waals surface area contributed by atoms with Crippen LogP contribution in [0.2, 0.25) is 0 Å². The molecule has 3 aromatic rings. The third kappa shape index (κ3) is 4.48. The predicted octanol–water partition coefficient (Wildman–Crippen LogP) is 3.89. The molecule has 1 saturated heterocycles. The summed E-state index contributed by atoms with van der Waals surface area (Å²) in [5.74, 6) is -0.532. The Kier molecular flexibility index (Phi) is 6.20. The van der Waals surface area contributed by atoms with Crippen LogP contribution in [0.1, 0.15) is 12.8 Å². The molecule has 1 aliphatic rings. The van der Waals surface area contributed by atoms with Gasteiger partial charge in [0.1, 0.15) is 11.6 Å². The number of methoxy groups -OCH3 is 2. The first-order valence-corrected chi connectivity index (χ1v) is 10.1. The number of halogens is 2. The Labute approximate surface area is 183 Å². The molecule has 1 aromatic heterocycles. The molecular weight excluding hydrogens is 422 g/mol. The zero-order chi connectivity index (χ0) is 22.7. The number of nitrogens with zero attached hydrogens (tertiary/aromatic N) is 3. The van der Waals surface area contributed by atoms with Crippen LogP contribution in [0.4, 0.5) is 20.5 Å². The Morgan fingerprint density at radius 2 is 1.84 bits per heavy atom. The zero-order valence-electron chi connectivity index (χ0n) is 17.6. The summed E-state index contributed by atoms with van der Waals surface area (Å²) < 4.78 is 42.8. The lowest BCUT2D eigenvalue weighted by atomic mass is 9.96. The summed E-state index contributed by atoms with van der Waals surface area (Å²) in [5, 5.41) is 6.58. The van der Waals surface area contributed by atoms with E-state index in [1.165, 1.54) is 6.07 Å². The van der Waals surface area contributed by atoms with E-state index in [2.05, 4.69) is 15.5 Å². The molecule has 0 atom stereocenters. The number of hydrogen-bond donors (Lipinski definition) is 1. The van der Waals surface area contributed by atoms with Gasteiger partial charge in [0.05, 0.1) is 19.9 Å². The fraction of sp³-hybridized carbons (Fsp3) is 0.318. The molecule has 1 fully saturated rings. The Morgan fingerprint density at radius 1 is 1.09 bits per heavy atom. The summed E-state index contributed by atoms with van der Waals surface area (Å²) in [6.07, 6.45) is 1.06. The molecule has 2 heterocycles. The van der Waals surface area contributed by atoms with Gasteiger partial charge in [-0.2, -0.15) is 4.98 Å². The summed E-state index contributed by atoms with van der Waals surface area (Å²) in [5.41, 5.74) is 0.684. The minimum Gasteiger partial charge on any atom is -0.493 e. The van der Waals surface area contributed by atoms with Crippen molar-refractivity contribution in [2.75, 3.05) is 37.5 Å². The number of aromatic nitrogens is 2. The van der Waals surface area contributed by atoms with Crippen LogP contribution in [-0.2, 0) is 4.79 Å². The quantitative estimate of drug-likeness (QED) is 0.617. The minimum atomic E-state index is -0.802. The number of piperidine rings is 1. The van der Waals surface area contributed by atoms with Crippen LogP contribution in [0.5, 0.6) is 11.5 Å². The van der Waals surface area contributed by atoms with E-state index >= 15 is 0 Å². The Balaban J connectivity index is 1.38. The third-order valence-electron chi connectivity index (χ3n) is 5.38. The molecule has 10 heteroatoms. The summed E-state index contributed by atoms with van der Waals surface area (Å²) >= 11 is 0. The second-order valence-electron chi connectivity index (χ2n) is 7.35. The average molecular weight is 444 g/mol. The number of carbonyl (C=O) groups excluding carboxylic acids is 1. The van der Waals surface area contributed by atoms with E-state index in [9.17, 15) is 13.6 Å². The van der Waals surface area contributed by atoms with Crippen molar-refractivity contribution in [3.63, 3.8) is 0 Å². The third-order valence-corrected chi connectivity index (χ3v) is 5.38. The van der Waals surface area contributed by atoms with Crippen LogP contribution >= 0.6 is 0 Å². The monoisotopic (exact) mass is 444 g/mol. The highest BCUT2D eigenvalue weighted by Crippen LogP contribution is 2.32. The maximum atomic E-state index is 13.8. The number of rotatable bonds is 6. The maximum absolute atomic E-state index is 13.8. The van der Waals surface area contributed by atoms with Gasteiger partial charge >= 0.3 is 6.01 Å². The molecule has 0 saturated carbocycles. The second-order valence-corrected chi connectivity index (χ2v) is 7.35. The topological polar surface area (TPSA) is 89.7 Å². The van der Waals surface area contributed by atoms with Crippen LogP contribution in [-0.4, -0.2) is 43.4 Å². The Bertz CT molecular complexity index is 1110. The number of ether oxygens (including phenoxy) is 2. The molecule has 2 aromatic carbocycles. The van der Waals surface area contributed by atoms with Crippen molar-refractivity contribution in [3.8, 4) is 22.9 Å². The molecule has 168 valence electrons. The first kappa shape index (κ1) is 21.5. The van der Waals surface area contributed by atoms with E-state index in [0.29, 0.717) is 54.8 Å². The van der Waals surface area contributed by atoms with Gasteiger partial charge in [0.2, 0.25) is 11.7 Å². The van der Waals surface area contributed by atoms with E-state index in [1.807, 2.05) is 4.90 Å². The Morgan fingerprint density at radius 3 is 2.53 bits per heavy atom. The van der Waals surface area contributed by atoms with Gasteiger partial charge in [0, 0.05) is 30.6 Å². The average Bonchev–Trinajstić information content (AvgIpc) is 3.31. The molecule has 0 spiro atoms. The number of carbonyl (C=O) groups is 1. The fourth-order valence-electron chi connectivity index (χ4n) is 3.60. The van der Waals surface area contributed by atoms with Gasteiger partial charge < -0.3 is 24.2 Å². The molecule has 0 radical (unpaired) electrons. The van der Waals surface area contributed by atoms with E-state index in [-0.39, 0.29) is 17.5 Å². The van der Waals surface area contributed by atoms with Crippen molar-refractivity contribution in [2.24, 2.45) is 5.92 Å². The van der Waals surface area contributed by atoms with Gasteiger partial charge in [0.25, 0.3) is 0 Å². The van der Waals surface area contributed by atoms with Crippen molar-refractivity contribution in [1.82, 2.24) is 10.1 Å². The highest BCUT2D eigenvalue weighted by Gasteiger charge is 2.28. The SMILES string of the molecule is COc1ccc(-c2noc(N3CCC(C(=O)Nc4ccc(F)cc4F)CC3)n2)cc1OC. The van der Waals surface area contributed by atoms with E-state index in [0.717, 1.165) is 12.1 Å². The molecule has 1 N–H and O–H groups in total. The predicted molar refractivity (Wildman–Crippen MR) is 113 cm³/mol. The molecule has 1 amide bonds. The molecule has 0 unspecified atom stereocenters. The van der Waals surface area contributed by atoms with Crippen LogP contribution in [0, 0.1) is 17.6 Å². The zero-order valence-corrected chi connectivity index (χ0v) is 17.6. The highest BCUT2D eigenvalue weighted by atomic mass is 19.1. The van der Waals surface area contributed by atoms with Crippen LogP contribution in [0.15, 0.2) is 40.9 Å². The molecular formula is C22H22F2N4O4. The number of hydrogen-bond acceptors (Lipinski definition) is 7. The van der Waals surface area contributed by atoms with Crippen LogP contribution < -0.4 is 19.7 Å². The summed E-state index contributed by atoms with van der Waals surface area (Å²) in [6.45, 7) is 1.05. The Hall–Kier alpha value is -3.69. The van der Waals surface area contributed by atoms with Gasteiger partial charge in [-0.15, -0.1) is 0 Å². The number of amides is 1. The molecule has 0 bridgehead atoms. The highest BCUT2D eigenvalue weighted by molar-refractivity contribution is 5.92. The molecule has 4 rings (SSSR count). The van der Waals surface area contributed by atoms with Crippen molar-refractivity contribution in [1.29, 1.82) is 0 Å². The van der Waals surface area contributed by atoms with E-state index < -0.39 is 11.6 Å². The van der Waals surface area contributed by atoms with Gasteiger partial charge in [-0.1, -0.05) is 5.16 Å².